The maximum atomic E-state index is 13.0. The van der Waals surface area contributed by atoms with Crippen molar-refractivity contribution >= 4 is 35.3 Å². The average molecular weight is 507 g/mol. The van der Waals surface area contributed by atoms with Gasteiger partial charge >= 0.3 is 5.97 Å². The van der Waals surface area contributed by atoms with E-state index in [2.05, 4.69) is 10.6 Å². The average Bonchev–Trinajstić information content (AvgIpc) is 3.50. The second kappa shape index (κ2) is 10.6. The van der Waals surface area contributed by atoms with Gasteiger partial charge in [0.1, 0.15) is 11.5 Å². The molecule has 0 aromatic rings. The summed E-state index contributed by atoms with van der Waals surface area (Å²) < 4.78 is 0. The summed E-state index contributed by atoms with van der Waals surface area (Å²) >= 11 is 1.55. The Kier molecular flexibility index (Phi) is 7.92. The second-order valence-electron chi connectivity index (χ2n) is 10.7. The van der Waals surface area contributed by atoms with Crippen LogP contribution in [0.25, 0.3) is 0 Å². The number of fused-ring (bicyclic) bond motifs is 1. The minimum atomic E-state index is -1.07. The molecule has 4 aliphatic rings. The Balaban J connectivity index is 1.35. The molecule has 35 heavy (non-hydrogen) atoms. The zero-order chi connectivity index (χ0) is 25.4. The van der Waals surface area contributed by atoms with Crippen LogP contribution in [0.2, 0.25) is 0 Å². The zero-order valence-electron chi connectivity index (χ0n) is 20.8. The normalized spacial score (nSPS) is 35.1. The molecule has 1 saturated carbocycles. The second-order valence-corrected chi connectivity index (χ2v) is 12.0. The first-order valence-electron chi connectivity index (χ1n) is 12.9. The SMILES string of the molecule is CCC(=O)C[C@H](C)[C@H]1C(=O)N2C(C(=O)O)=C(S[C@@H]3CNC(CNC(=O)C4CC[C@H](N)C4)C3)[C@H](C)[C@H]12. The summed E-state index contributed by atoms with van der Waals surface area (Å²) in [5.74, 6) is -1.56. The van der Waals surface area contributed by atoms with Crippen molar-refractivity contribution in [3.8, 4) is 0 Å². The smallest absolute Gasteiger partial charge is 0.353 e. The highest BCUT2D eigenvalue weighted by atomic mass is 32.2. The van der Waals surface area contributed by atoms with Crippen molar-refractivity contribution in [1.82, 2.24) is 15.5 Å². The molecule has 2 amide bonds. The largest absolute Gasteiger partial charge is 0.477 e. The van der Waals surface area contributed by atoms with Gasteiger partial charge in [-0.15, -0.1) is 11.8 Å². The van der Waals surface area contributed by atoms with E-state index in [-0.39, 0.29) is 70.3 Å². The number of carbonyl (C=O) groups excluding carboxylic acids is 3. The molecule has 0 aromatic carbocycles. The van der Waals surface area contributed by atoms with Gasteiger partial charge in [-0.3, -0.25) is 14.4 Å². The van der Waals surface area contributed by atoms with Gasteiger partial charge in [0.2, 0.25) is 11.8 Å². The van der Waals surface area contributed by atoms with Gasteiger partial charge in [0.25, 0.3) is 0 Å². The zero-order valence-corrected chi connectivity index (χ0v) is 21.6. The van der Waals surface area contributed by atoms with Crippen LogP contribution >= 0.6 is 11.8 Å². The lowest BCUT2D eigenvalue weighted by molar-refractivity contribution is -0.160. The molecule has 5 N–H and O–H groups in total. The van der Waals surface area contributed by atoms with Crippen molar-refractivity contribution in [2.45, 2.75) is 82.7 Å². The molecule has 9 nitrogen and oxygen atoms in total. The first-order chi connectivity index (χ1) is 16.6. The van der Waals surface area contributed by atoms with Crippen molar-refractivity contribution in [3.63, 3.8) is 0 Å². The van der Waals surface area contributed by atoms with E-state index in [1.807, 2.05) is 20.8 Å². The number of β-lactam (4-membered cyclic amide) rings is 1. The Morgan fingerprint density at radius 1 is 1.29 bits per heavy atom. The number of nitrogens with two attached hydrogens (primary N) is 1. The van der Waals surface area contributed by atoms with E-state index in [1.54, 1.807) is 11.8 Å². The molecule has 0 spiro atoms. The monoisotopic (exact) mass is 506 g/mol. The van der Waals surface area contributed by atoms with Gasteiger partial charge in [0.05, 0.1) is 12.0 Å². The molecule has 3 fully saturated rings. The van der Waals surface area contributed by atoms with Crippen LogP contribution in [0.1, 0.15) is 59.3 Å². The predicted octanol–water partition coefficient (Wildman–Crippen LogP) is 1.47. The molecule has 4 rings (SSSR count). The van der Waals surface area contributed by atoms with Crippen molar-refractivity contribution < 1.29 is 24.3 Å². The van der Waals surface area contributed by atoms with E-state index < -0.39 is 5.97 Å². The predicted molar refractivity (Wildman–Crippen MR) is 133 cm³/mol. The van der Waals surface area contributed by atoms with E-state index in [1.165, 1.54) is 4.90 Å². The molecule has 194 valence electrons. The van der Waals surface area contributed by atoms with E-state index >= 15 is 0 Å². The molecule has 0 bridgehead atoms. The van der Waals surface area contributed by atoms with Crippen LogP contribution in [-0.2, 0) is 19.2 Å². The summed E-state index contributed by atoms with van der Waals surface area (Å²) in [6.07, 6.45) is 4.08. The van der Waals surface area contributed by atoms with E-state index in [0.29, 0.717) is 25.9 Å². The van der Waals surface area contributed by atoms with Gasteiger partial charge in [0, 0.05) is 60.0 Å². The molecule has 3 aliphatic heterocycles. The Labute approximate surface area is 211 Å². The van der Waals surface area contributed by atoms with E-state index in [4.69, 9.17) is 5.73 Å². The number of rotatable bonds is 10. The number of carbonyl (C=O) groups is 4. The van der Waals surface area contributed by atoms with Crippen molar-refractivity contribution in [1.29, 1.82) is 0 Å². The van der Waals surface area contributed by atoms with Gasteiger partial charge in [-0.25, -0.2) is 4.79 Å². The van der Waals surface area contributed by atoms with Crippen molar-refractivity contribution in [2.24, 2.45) is 29.4 Å². The van der Waals surface area contributed by atoms with Crippen LogP contribution in [0.4, 0.5) is 0 Å². The fraction of sp³-hybridized carbons (Fsp3) is 0.760. The maximum Gasteiger partial charge on any atom is 0.353 e. The van der Waals surface area contributed by atoms with E-state index in [0.717, 1.165) is 30.6 Å². The van der Waals surface area contributed by atoms with Gasteiger partial charge in [-0.05, 0) is 31.6 Å². The van der Waals surface area contributed by atoms with Crippen LogP contribution in [0.5, 0.6) is 0 Å². The minimum absolute atomic E-state index is 0.00390. The number of carboxylic acids is 1. The van der Waals surface area contributed by atoms with Crippen LogP contribution in [0, 0.1) is 23.7 Å². The first-order valence-corrected chi connectivity index (χ1v) is 13.8. The number of amides is 2. The number of nitrogens with zero attached hydrogens (tertiary/aromatic N) is 1. The highest BCUT2D eigenvalue weighted by molar-refractivity contribution is 8.03. The molecule has 0 aromatic heterocycles. The fourth-order valence-electron chi connectivity index (χ4n) is 6.23. The van der Waals surface area contributed by atoms with Gasteiger partial charge in [0.15, 0.2) is 0 Å². The fourth-order valence-corrected chi connectivity index (χ4v) is 7.75. The summed E-state index contributed by atoms with van der Waals surface area (Å²) in [7, 11) is 0. The number of thioether (sulfide) groups is 1. The Hall–Kier alpha value is -1.91. The summed E-state index contributed by atoms with van der Waals surface area (Å²) in [5, 5.41) is 16.6. The quantitative estimate of drug-likeness (QED) is 0.326. The molecule has 2 unspecified atom stereocenters. The first kappa shape index (κ1) is 26.2. The van der Waals surface area contributed by atoms with E-state index in [9.17, 15) is 24.3 Å². The number of carboxylic acid groups (broad SMARTS) is 1. The summed E-state index contributed by atoms with van der Waals surface area (Å²) in [6.45, 7) is 6.99. The Morgan fingerprint density at radius 2 is 2.03 bits per heavy atom. The summed E-state index contributed by atoms with van der Waals surface area (Å²) in [6, 6.07) is 0.0514. The molecular formula is C25H38N4O5S. The summed E-state index contributed by atoms with van der Waals surface area (Å²) in [4.78, 5) is 51.7. The third-order valence-corrected chi connectivity index (χ3v) is 9.70. The maximum absolute atomic E-state index is 13.0. The molecule has 3 heterocycles. The molecule has 1 aliphatic carbocycles. The van der Waals surface area contributed by atoms with Crippen LogP contribution in [-0.4, -0.2) is 70.0 Å². The van der Waals surface area contributed by atoms with Crippen molar-refractivity contribution in [2.75, 3.05) is 13.1 Å². The molecule has 10 heteroatoms. The number of nitrogens with one attached hydrogen (secondary N) is 2. The number of aliphatic carboxylic acids is 1. The standard InChI is InChI=1S/C25H38N4O5S/c1-4-17(30)7-12(2)19-20-13(3)22(21(25(33)34)29(20)24(19)32)35-18-9-16(27-11-18)10-28-23(31)14-5-6-15(26)8-14/h12-16,18-20,27H,4-11,26H2,1-3H3,(H,28,31)(H,33,34)/t12-,13+,14?,15-,16?,18-,19+,20+/m0/s1. The van der Waals surface area contributed by atoms with Crippen LogP contribution < -0.4 is 16.4 Å². The highest BCUT2D eigenvalue weighted by Gasteiger charge is 2.60. The highest BCUT2D eigenvalue weighted by Crippen LogP contribution is 2.53. The minimum Gasteiger partial charge on any atom is -0.477 e. The molecule has 8 atom stereocenters. The third kappa shape index (κ3) is 5.15. The topological polar surface area (TPSA) is 142 Å². The van der Waals surface area contributed by atoms with Gasteiger partial charge < -0.3 is 26.4 Å². The van der Waals surface area contributed by atoms with Gasteiger partial charge in [-0.2, -0.15) is 0 Å². The number of ketones is 1. The van der Waals surface area contributed by atoms with Crippen molar-refractivity contribution in [3.05, 3.63) is 10.6 Å². The lowest BCUT2D eigenvalue weighted by atomic mass is 9.73. The molecule has 2 saturated heterocycles. The number of hydrogen-bond acceptors (Lipinski definition) is 7. The Morgan fingerprint density at radius 3 is 2.66 bits per heavy atom. The van der Waals surface area contributed by atoms with Crippen LogP contribution in [0.3, 0.4) is 0 Å². The van der Waals surface area contributed by atoms with Gasteiger partial charge in [-0.1, -0.05) is 20.8 Å². The number of hydrogen-bond donors (Lipinski definition) is 4. The molecular weight excluding hydrogens is 468 g/mol. The Bertz CT molecular complexity index is 924. The lowest BCUT2D eigenvalue weighted by Crippen LogP contribution is -2.62. The summed E-state index contributed by atoms with van der Waals surface area (Å²) in [5.41, 5.74) is 6.03. The number of Topliss-reactive ketones (excluding diaryl/α,β-unsaturated/α-hetero) is 1. The third-order valence-electron chi connectivity index (χ3n) is 8.19. The van der Waals surface area contributed by atoms with Crippen LogP contribution in [0.15, 0.2) is 10.6 Å². The lowest BCUT2D eigenvalue weighted by Gasteiger charge is -2.47. The molecule has 0 radical (unpaired) electrons.